The molecular weight excluding hydrogens is 279 g/mol. The molecule has 0 bridgehead atoms. The third-order valence-corrected chi connectivity index (χ3v) is 4.68. The molecular formula is C19H21FO2. The average Bonchev–Trinajstić information content (AvgIpc) is 3.30. The van der Waals surface area contributed by atoms with Gasteiger partial charge in [0.1, 0.15) is 0 Å². The zero-order chi connectivity index (χ0) is 15.7. The third-order valence-electron chi connectivity index (χ3n) is 4.68. The Balaban J connectivity index is 1.94. The lowest BCUT2D eigenvalue weighted by molar-refractivity contribution is 0.211. The van der Waals surface area contributed by atoms with E-state index in [1.807, 2.05) is 18.2 Å². The van der Waals surface area contributed by atoms with Crippen molar-refractivity contribution >= 4 is 0 Å². The average molecular weight is 300 g/mol. The van der Waals surface area contributed by atoms with E-state index >= 15 is 0 Å². The standard InChI is InChI=1S/C19H21FO2/c1-13-16(6-7-17(22-2)18(13)20)15-5-3-4-14(10-15)11-19(12-21)8-9-19/h3-7,10,21H,8-9,11-12H2,1-2H3. The number of aliphatic hydroxyl groups excluding tert-OH is 1. The summed E-state index contributed by atoms with van der Waals surface area (Å²) in [7, 11) is 1.47. The number of benzene rings is 2. The smallest absolute Gasteiger partial charge is 0.168 e. The summed E-state index contributed by atoms with van der Waals surface area (Å²) < 4.78 is 19.3. The second-order valence-electron chi connectivity index (χ2n) is 6.29. The molecule has 0 amide bonds. The summed E-state index contributed by atoms with van der Waals surface area (Å²) >= 11 is 0. The molecule has 0 unspecified atom stereocenters. The van der Waals surface area contributed by atoms with E-state index in [9.17, 15) is 9.50 Å². The summed E-state index contributed by atoms with van der Waals surface area (Å²) in [4.78, 5) is 0. The van der Waals surface area contributed by atoms with Crippen LogP contribution in [-0.4, -0.2) is 18.8 Å². The normalized spacial score (nSPS) is 15.6. The van der Waals surface area contributed by atoms with Crippen molar-refractivity contribution in [2.24, 2.45) is 5.41 Å². The van der Waals surface area contributed by atoms with Gasteiger partial charge in [-0.3, -0.25) is 0 Å². The van der Waals surface area contributed by atoms with Crippen molar-refractivity contribution in [3.8, 4) is 16.9 Å². The van der Waals surface area contributed by atoms with Crippen LogP contribution in [0.2, 0.25) is 0 Å². The van der Waals surface area contributed by atoms with Gasteiger partial charge < -0.3 is 9.84 Å². The van der Waals surface area contributed by atoms with Crippen molar-refractivity contribution in [2.75, 3.05) is 13.7 Å². The van der Waals surface area contributed by atoms with E-state index in [4.69, 9.17) is 4.74 Å². The number of rotatable bonds is 5. The van der Waals surface area contributed by atoms with Crippen LogP contribution < -0.4 is 4.74 Å². The monoisotopic (exact) mass is 300 g/mol. The first kappa shape index (κ1) is 15.0. The van der Waals surface area contributed by atoms with Crippen LogP contribution in [0.4, 0.5) is 4.39 Å². The first-order valence-corrected chi connectivity index (χ1v) is 7.62. The molecule has 0 aromatic heterocycles. The van der Waals surface area contributed by atoms with Crippen LogP contribution in [0.15, 0.2) is 36.4 Å². The number of hydrogen-bond donors (Lipinski definition) is 1. The fourth-order valence-corrected chi connectivity index (χ4v) is 2.98. The summed E-state index contributed by atoms with van der Waals surface area (Å²) in [6.07, 6.45) is 3.06. The van der Waals surface area contributed by atoms with Gasteiger partial charge in [-0.05, 0) is 59.9 Å². The minimum atomic E-state index is -0.306. The Hall–Kier alpha value is -1.87. The lowest BCUT2D eigenvalue weighted by atomic mass is 9.93. The van der Waals surface area contributed by atoms with Crippen LogP contribution in [0.25, 0.3) is 11.1 Å². The molecule has 0 radical (unpaired) electrons. The van der Waals surface area contributed by atoms with Gasteiger partial charge in [-0.25, -0.2) is 4.39 Å². The molecule has 0 heterocycles. The Morgan fingerprint density at radius 3 is 2.64 bits per heavy atom. The maximum Gasteiger partial charge on any atom is 0.168 e. The van der Waals surface area contributed by atoms with E-state index in [0.29, 0.717) is 5.56 Å². The van der Waals surface area contributed by atoms with Gasteiger partial charge in [-0.2, -0.15) is 0 Å². The second-order valence-corrected chi connectivity index (χ2v) is 6.29. The van der Waals surface area contributed by atoms with Gasteiger partial charge in [0.2, 0.25) is 0 Å². The molecule has 1 aliphatic carbocycles. The molecule has 0 aliphatic heterocycles. The molecule has 2 aromatic carbocycles. The lowest BCUT2D eigenvalue weighted by Crippen LogP contribution is -2.10. The number of ether oxygens (including phenoxy) is 1. The first-order chi connectivity index (χ1) is 10.6. The molecule has 0 saturated heterocycles. The van der Waals surface area contributed by atoms with Crippen LogP contribution in [0, 0.1) is 18.2 Å². The minimum Gasteiger partial charge on any atom is -0.494 e. The van der Waals surface area contributed by atoms with E-state index in [2.05, 4.69) is 12.1 Å². The highest BCUT2D eigenvalue weighted by molar-refractivity contribution is 5.69. The zero-order valence-electron chi connectivity index (χ0n) is 13.0. The third kappa shape index (κ3) is 2.73. The van der Waals surface area contributed by atoms with E-state index < -0.39 is 0 Å². The van der Waals surface area contributed by atoms with E-state index in [-0.39, 0.29) is 23.6 Å². The molecule has 0 atom stereocenters. The summed E-state index contributed by atoms with van der Waals surface area (Å²) in [6, 6.07) is 11.7. The fraction of sp³-hybridized carbons (Fsp3) is 0.368. The molecule has 116 valence electrons. The van der Waals surface area contributed by atoms with Gasteiger partial charge >= 0.3 is 0 Å². The fourth-order valence-electron chi connectivity index (χ4n) is 2.98. The summed E-state index contributed by atoms with van der Waals surface area (Å²) in [5, 5.41) is 9.48. The molecule has 22 heavy (non-hydrogen) atoms. The topological polar surface area (TPSA) is 29.5 Å². The zero-order valence-corrected chi connectivity index (χ0v) is 13.0. The Bertz CT molecular complexity index is 690. The van der Waals surface area contributed by atoms with Crippen LogP contribution in [0.1, 0.15) is 24.0 Å². The lowest BCUT2D eigenvalue weighted by Gasteiger charge is -2.14. The predicted octanol–water partition coefficient (Wildman–Crippen LogP) is 4.12. The largest absolute Gasteiger partial charge is 0.494 e. The number of halogens is 1. The molecule has 3 rings (SSSR count). The van der Waals surface area contributed by atoms with Crippen molar-refractivity contribution < 1.29 is 14.2 Å². The summed E-state index contributed by atoms with van der Waals surface area (Å²) in [5.74, 6) is -0.0333. The van der Waals surface area contributed by atoms with Gasteiger partial charge in [0, 0.05) is 6.61 Å². The highest BCUT2D eigenvalue weighted by Gasteiger charge is 2.41. The van der Waals surface area contributed by atoms with Crippen LogP contribution in [-0.2, 0) is 6.42 Å². The van der Waals surface area contributed by atoms with Crippen molar-refractivity contribution in [2.45, 2.75) is 26.2 Å². The highest BCUT2D eigenvalue weighted by Crippen LogP contribution is 2.48. The maximum absolute atomic E-state index is 14.2. The van der Waals surface area contributed by atoms with E-state index in [0.717, 1.165) is 30.4 Å². The number of aliphatic hydroxyl groups is 1. The molecule has 1 saturated carbocycles. The number of hydrogen-bond acceptors (Lipinski definition) is 2. The van der Waals surface area contributed by atoms with Gasteiger partial charge in [0.25, 0.3) is 0 Å². The molecule has 2 nitrogen and oxygen atoms in total. The van der Waals surface area contributed by atoms with Gasteiger partial charge in [0.15, 0.2) is 11.6 Å². The SMILES string of the molecule is COc1ccc(-c2cccc(CC3(CO)CC3)c2)c(C)c1F. The van der Waals surface area contributed by atoms with Crippen LogP contribution >= 0.6 is 0 Å². The minimum absolute atomic E-state index is 0.0822. The molecule has 1 fully saturated rings. The second kappa shape index (κ2) is 5.73. The first-order valence-electron chi connectivity index (χ1n) is 7.62. The Kier molecular flexibility index (Phi) is 3.92. The van der Waals surface area contributed by atoms with E-state index in [1.165, 1.54) is 12.7 Å². The van der Waals surface area contributed by atoms with Crippen LogP contribution in [0.5, 0.6) is 5.75 Å². The van der Waals surface area contributed by atoms with Crippen molar-refractivity contribution in [3.05, 3.63) is 53.3 Å². The van der Waals surface area contributed by atoms with Gasteiger partial charge in [-0.15, -0.1) is 0 Å². The van der Waals surface area contributed by atoms with Crippen molar-refractivity contribution in [1.29, 1.82) is 0 Å². The number of methoxy groups -OCH3 is 1. The Labute approximate surface area is 130 Å². The van der Waals surface area contributed by atoms with E-state index in [1.54, 1.807) is 13.0 Å². The quantitative estimate of drug-likeness (QED) is 0.900. The summed E-state index contributed by atoms with van der Waals surface area (Å²) in [5.41, 5.74) is 3.76. The predicted molar refractivity (Wildman–Crippen MR) is 85.6 cm³/mol. The highest BCUT2D eigenvalue weighted by atomic mass is 19.1. The van der Waals surface area contributed by atoms with Gasteiger partial charge in [0.05, 0.1) is 7.11 Å². The molecule has 1 aliphatic rings. The molecule has 3 heteroatoms. The van der Waals surface area contributed by atoms with Crippen LogP contribution in [0.3, 0.4) is 0 Å². The maximum atomic E-state index is 14.2. The van der Waals surface area contributed by atoms with Gasteiger partial charge in [-0.1, -0.05) is 30.3 Å². The Morgan fingerprint density at radius 2 is 2.00 bits per heavy atom. The van der Waals surface area contributed by atoms with Crippen molar-refractivity contribution in [3.63, 3.8) is 0 Å². The Morgan fingerprint density at radius 1 is 1.23 bits per heavy atom. The summed E-state index contributed by atoms with van der Waals surface area (Å²) in [6.45, 7) is 2.02. The molecule has 0 spiro atoms. The molecule has 2 aromatic rings. The van der Waals surface area contributed by atoms with Crippen molar-refractivity contribution in [1.82, 2.24) is 0 Å². The molecule has 1 N–H and O–H groups in total.